The first-order chi connectivity index (χ1) is 8.23. The molecular formula is C9H8F3IN2O3. The molecule has 1 rings (SSSR count). The van der Waals surface area contributed by atoms with Crippen molar-refractivity contribution < 1.29 is 27.8 Å². The number of hydrogen-bond acceptors (Lipinski definition) is 4. The Morgan fingerprint density at radius 2 is 2.17 bits per heavy atom. The Morgan fingerprint density at radius 3 is 2.61 bits per heavy atom. The fourth-order valence-electron chi connectivity index (χ4n) is 1.28. The minimum atomic E-state index is -4.92. The molecule has 0 aromatic carbocycles. The van der Waals surface area contributed by atoms with E-state index in [1.807, 2.05) is 0 Å². The number of alkyl halides is 3. The molecule has 0 saturated heterocycles. The highest BCUT2D eigenvalue weighted by Gasteiger charge is 2.34. The molecule has 0 unspecified atom stereocenters. The molecule has 0 amide bonds. The number of ether oxygens (including phenoxy) is 1. The van der Waals surface area contributed by atoms with Crippen molar-refractivity contribution in [3.05, 3.63) is 21.0 Å². The van der Waals surface area contributed by atoms with Crippen LogP contribution in [0.2, 0.25) is 0 Å². The van der Waals surface area contributed by atoms with Gasteiger partial charge < -0.3 is 15.6 Å². The van der Waals surface area contributed by atoms with Gasteiger partial charge in [0.25, 0.3) is 0 Å². The Morgan fingerprint density at radius 1 is 1.56 bits per heavy atom. The summed E-state index contributed by atoms with van der Waals surface area (Å²) in [6.07, 6.45) is -5.53. The average Bonchev–Trinajstić information content (AvgIpc) is 2.19. The number of pyridine rings is 1. The predicted molar refractivity (Wildman–Crippen MR) is 62.9 cm³/mol. The second kappa shape index (κ2) is 5.69. The van der Waals surface area contributed by atoms with E-state index in [0.717, 1.165) is 0 Å². The van der Waals surface area contributed by atoms with Crippen LogP contribution < -0.4 is 10.5 Å². The summed E-state index contributed by atoms with van der Waals surface area (Å²) >= 11 is 1.76. The molecule has 0 atom stereocenters. The zero-order valence-corrected chi connectivity index (χ0v) is 10.9. The van der Waals surface area contributed by atoms with Gasteiger partial charge in [-0.25, -0.2) is 4.98 Å². The lowest BCUT2D eigenvalue weighted by Gasteiger charge is -2.15. The number of rotatable bonds is 4. The van der Waals surface area contributed by atoms with Crippen LogP contribution in [0.1, 0.15) is 11.3 Å². The minimum Gasteiger partial charge on any atom is -0.481 e. The van der Waals surface area contributed by atoms with Crippen LogP contribution in [0.25, 0.3) is 0 Å². The molecule has 18 heavy (non-hydrogen) atoms. The maximum Gasteiger partial charge on any atom is 0.573 e. The minimum absolute atomic E-state index is 0.111. The lowest BCUT2D eigenvalue weighted by atomic mass is 10.1. The van der Waals surface area contributed by atoms with Gasteiger partial charge in [0.15, 0.2) is 5.75 Å². The maximum absolute atomic E-state index is 12.2. The molecule has 100 valence electrons. The molecule has 0 aliphatic carbocycles. The summed E-state index contributed by atoms with van der Waals surface area (Å²) in [4.78, 5) is 14.4. The number of aromatic nitrogens is 1. The Kier molecular flexibility index (Phi) is 4.73. The Hall–Kier alpha value is -1.10. The van der Waals surface area contributed by atoms with Gasteiger partial charge in [-0.2, -0.15) is 0 Å². The van der Waals surface area contributed by atoms with Crippen LogP contribution in [0.3, 0.4) is 0 Å². The molecule has 0 aliphatic rings. The average molecular weight is 376 g/mol. The predicted octanol–water partition coefficient (Wildman–Crippen LogP) is 1.67. The smallest absolute Gasteiger partial charge is 0.481 e. The topological polar surface area (TPSA) is 85.4 Å². The zero-order chi connectivity index (χ0) is 13.9. The SMILES string of the molecule is NCc1nc(I)cc(CC(=O)O)c1OC(F)(F)F. The fourth-order valence-corrected chi connectivity index (χ4v) is 1.95. The van der Waals surface area contributed by atoms with Crippen LogP contribution in [0.4, 0.5) is 13.2 Å². The Bertz CT molecular complexity index is 465. The van der Waals surface area contributed by atoms with E-state index in [4.69, 9.17) is 10.8 Å². The summed E-state index contributed by atoms with van der Waals surface area (Å²) in [5.41, 5.74) is 5.04. The zero-order valence-electron chi connectivity index (χ0n) is 8.79. The molecule has 0 saturated carbocycles. The largest absolute Gasteiger partial charge is 0.573 e. The van der Waals surface area contributed by atoms with Gasteiger partial charge in [-0.05, 0) is 28.7 Å². The summed E-state index contributed by atoms with van der Waals surface area (Å²) in [6.45, 7) is -0.283. The highest BCUT2D eigenvalue weighted by atomic mass is 127. The molecule has 0 aliphatic heterocycles. The molecule has 3 N–H and O–H groups in total. The first kappa shape index (κ1) is 15.0. The van der Waals surface area contributed by atoms with E-state index in [9.17, 15) is 18.0 Å². The van der Waals surface area contributed by atoms with Gasteiger partial charge in [-0.15, -0.1) is 13.2 Å². The molecular weight excluding hydrogens is 368 g/mol. The van der Waals surface area contributed by atoms with E-state index in [2.05, 4.69) is 9.72 Å². The maximum atomic E-state index is 12.2. The van der Waals surface area contributed by atoms with Gasteiger partial charge in [-0.1, -0.05) is 0 Å². The third-order valence-corrected chi connectivity index (χ3v) is 2.39. The van der Waals surface area contributed by atoms with Gasteiger partial charge >= 0.3 is 12.3 Å². The van der Waals surface area contributed by atoms with Crippen molar-refractivity contribution in [1.82, 2.24) is 4.98 Å². The van der Waals surface area contributed by atoms with Crippen LogP contribution in [0.15, 0.2) is 6.07 Å². The van der Waals surface area contributed by atoms with Crippen LogP contribution in [0, 0.1) is 3.70 Å². The first-order valence-corrected chi connectivity index (χ1v) is 5.66. The highest BCUT2D eigenvalue weighted by molar-refractivity contribution is 14.1. The Balaban J connectivity index is 3.28. The van der Waals surface area contributed by atoms with Crippen molar-refractivity contribution in [2.45, 2.75) is 19.3 Å². The Labute approximate surface area is 113 Å². The van der Waals surface area contributed by atoms with E-state index in [0.29, 0.717) is 3.70 Å². The molecule has 5 nitrogen and oxygen atoms in total. The normalized spacial score (nSPS) is 11.4. The quantitative estimate of drug-likeness (QED) is 0.617. The lowest BCUT2D eigenvalue weighted by Crippen LogP contribution is -2.21. The molecule has 0 radical (unpaired) electrons. The molecule has 0 fully saturated rings. The second-order valence-electron chi connectivity index (χ2n) is 3.20. The molecule has 0 spiro atoms. The number of aliphatic carboxylic acids is 1. The van der Waals surface area contributed by atoms with E-state index < -0.39 is 24.5 Å². The molecule has 9 heteroatoms. The van der Waals surface area contributed by atoms with Crippen LogP contribution in [-0.4, -0.2) is 22.4 Å². The molecule has 1 heterocycles. The van der Waals surface area contributed by atoms with Crippen molar-refractivity contribution in [2.75, 3.05) is 0 Å². The summed E-state index contributed by atoms with van der Waals surface area (Å²) < 4.78 is 40.9. The number of carbonyl (C=O) groups is 1. The first-order valence-electron chi connectivity index (χ1n) is 4.59. The van der Waals surface area contributed by atoms with Crippen molar-refractivity contribution in [3.63, 3.8) is 0 Å². The summed E-state index contributed by atoms with van der Waals surface area (Å²) in [6, 6.07) is 1.22. The third kappa shape index (κ3) is 4.29. The second-order valence-corrected chi connectivity index (χ2v) is 4.31. The summed E-state index contributed by atoms with van der Waals surface area (Å²) in [5.74, 6) is -1.90. The molecule has 0 bridgehead atoms. The fraction of sp³-hybridized carbons (Fsp3) is 0.333. The van der Waals surface area contributed by atoms with E-state index in [-0.39, 0.29) is 17.8 Å². The van der Waals surface area contributed by atoms with Gasteiger partial charge in [0.1, 0.15) is 3.70 Å². The molecule has 1 aromatic rings. The molecule has 1 aromatic heterocycles. The van der Waals surface area contributed by atoms with E-state index in [1.165, 1.54) is 6.07 Å². The van der Waals surface area contributed by atoms with E-state index in [1.54, 1.807) is 22.6 Å². The lowest BCUT2D eigenvalue weighted by molar-refractivity contribution is -0.275. The summed E-state index contributed by atoms with van der Waals surface area (Å²) in [7, 11) is 0. The van der Waals surface area contributed by atoms with Gasteiger partial charge in [-0.3, -0.25) is 4.79 Å². The van der Waals surface area contributed by atoms with Gasteiger partial charge in [0.2, 0.25) is 0 Å². The van der Waals surface area contributed by atoms with Crippen molar-refractivity contribution in [3.8, 4) is 5.75 Å². The van der Waals surface area contributed by atoms with Gasteiger partial charge in [0.05, 0.1) is 12.1 Å². The van der Waals surface area contributed by atoms with Crippen LogP contribution in [0.5, 0.6) is 5.75 Å². The summed E-state index contributed by atoms with van der Waals surface area (Å²) in [5, 5.41) is 8.65. The number of nitrogens with zero attached hydrogens (tertiary/aromatic N) is 1. The highest BCUT2D eigenvalue weighted by Crippen LogP contribution is 2.30. The monoisotopic (exact) mass is 376 g/mol. The number of carboxylic acids is 1. The number of carboxylic acid groups (broad SMARTS) is 1. The van der Waals surface area contributed by atoms with Crippen molar-refractivity contribution >= 4 is 28.6 Å². The van der Waals surface area contributed by atoms with Crippen molar-refractivity contribution in [2.24, 2.45) is 5.73 Å². The third-order valence-electron chi connectivity index (χ3n) is 1.84. The van der Waals surface area contributed by atoms with Gasteiger partial charge in [0, 0.05) is 12.1 Å². The number of hydrogen-bond donors (Lipinski definition) is 2. The van der Waals surface area contributed by atoms with Crippen molar-refractivity contribution in [1.29, 1.82) is 0 Å². The van der Waals surface area contributed by atoms with E-state index >= 15 is 0 Å². The number of halogens is 4. The van der Waals surface area contributed by atoms with Crippen LogP contribution in [-0.2, 0) is 17.8 Å². The van der Waals surface area contributed by atoms with Crippen LogP contribution >= 0.6 is 22.6 Å². The number of nitrogens with two attached hydrogens (primary N) is 1. The standard InChI is InChI=1S/C9H8F3IN2O3/c10-9(11,12)18-8-4(2-7(16)17)1-6(13)15-5(8)3-14/h1H,2-3,14H2,(H,16,17).